The molecule has 136 valence electrons. The molecule has 0 unspecified atom stereocenters. The largest absolute Gasteiger partial charge is 0.508 e. The van der Waals surface area contributed by atoms with Crippen molar-refractivity contribution in [1.29, 1.82) is 0 Å². The molecule has 0 radical (unpaired) electrons. The Bertz CT molecular complexity index is 769. The van der Waals surface area contributed by atoms with E-state index in [9.17, 15) is 9.90 Å². The third-order valence-corrected chi connectivity index (χ3v) is 5.07. The molecular formula is C20H22BrN3O2. The second-order valence-electron chi connectivity index (χ2n) is 6.51. The Balaban J connectivity index is 1.43. The first-order valence-corrected chi connectivity index (χ1v) is 9.48. The van der Waals surface area contributed by atoms with Gasteiger partial charge in [-0.3, -0.25) is 9.69 Å². The van der Waals surface area contributed by atoms with Gasteiger partial charge in [0.05, 0.1) is 6.21 Å². The predicted molar refractivity (Wildman–Crippen MR) is 106 cm³/mol. The first-order valence-electron chi connectivity index (χ1n) is 8.69. The standard InChI is InChI=1S/C20H22BrN3O2/c21-18-6-4-15(5-7-18)14-24-10-8-17(9-11-24)20(26)23-22-13-16-2-1-3-19(25)12-16/h1-7,12-13,17,25H,8-11,14H2,(H,23,26)/b22-13+. The fourth-order valence-corrected chi connectivity index (χ4v) is 3.33. The van der Waals surface area contributed by atoms with Gasteiger partial charge in [0.25, 0.3) is 0 Å². The number of carbonyl (C=O) groups is 1. The number of nitrogens with one attached hydrogen (secondary N) is 1. The number of hydrogen-bond donors (Lipinski definition) is 2. The molecule has 1 aliphatic rings. The lowest BCUT2D eigenvalue weighted by Crippen LogP contribution is -2.39. The van der Waals surface area contributed by atoms with Crippen LogP contribution in [0.1, 0.15) is 24.0 Å². The van der Waals surface area contributed by atoms with Crippen LogP contribution in [0, 0.1) is 5.92 Å². The van der Waals surface area contributed by atoms with Crippen LogP contribution in [-0.4, -0.2) is 35.2 Å². The molecule has 1 amide bonds. The Morgan fingerprint density at radius 2 is 1.96 bits per heavy atom. The van der Waals surface area contributed by atoms with Gasteiger partial charge in [-0.15, -0.1) is 0 Å². The SMILES string of the molecule is O=C(N/N=C/c1cccc(O)c1)C1CCN(Cc2ccc(Br)cc2)CC1. The fraction of sp³-hybridized carbons (Fsp3) is 0.300. The summed E-state index contributed by atoms with van der Waals surface area (Å²) >= 11 is 3.45. The number of nitrogens with zero attached hydrogens (tertiary/aromatic N) is 2. The Labute approximate surface area is 161 Å². The second-order valence-corrected chi connectivity index (χ2v) is 7.42. The highest BCUT2D eigenvalue weighted by Crippen LogP contribution is 2.20. The predicted octanol–water partition coefficient (Wildman–Crippen LogP) is 3.52. The molecule has 0 atom stereocenters. The van der Waals surface area contributed by atoms with E-state index in [1.54, 1.807) is 24.4 Å². The molecule has 2 N–H and O–H groups in total. The number of rotatable bonds is 5. The van der Waals surface area contributed by atoms with E-state index in [1.807, 2.05) is 6.07 Å². The molecule has 6 heteroatoms. The maximum absolute atomic E-state index is 12.3. The summed E-state index contributed by atoms with van der Waals surface area (Å²) in [7, 11) is 0. The van der Waals surface area contributed by atoms with E-state index in [-0.39, 0.29) is 17.6 Å². The number of likely N-dealkylation sites (tertiary alicyclic amines) is 1. The molecule has 2 aromatic rings. The molecule has 26 heavy (non-hydrogen) atoms. The summed E-state index contributed by atoms with van der Waals surface area (Å²) in [4.78, 5) is 14.6. The van der Waals surface area contributed by atoms with E-state index in [2.05, 4.69) is 55.6 Å². The molecule has 0 aromatic heterocycles. The number of benzene rings is 2. The second kappa shape index (κ2) is 8.96. The number of halogens is 1. The van der Waals surface area contributed by atoms with Crippen LogP contribution < -0.4 is 5.43 Å². The lowest BCUT2D eigenvalue weighted by Gasteiger charge is -2.30. The monoisotopic (exact) mass is 415 g/mol. The van der Waals surface area contributed by atoms with Gasteiger partial charge in [-0.1, -0.05) is 40.2 Å². The van der Waals surface area contributed by atoms with Gasteiger partial charge in [-0.25, -0.2) is 5.43 Å². The van der Waals surface area contributed by atoms with Crippen LogP contribution in [-0.2, 0) is 11.3 Å². The van der Waals surface area contributed by atoms with E-state index >= 15 is 0 Å². The van der Waals surface area contributed by atoms with E-state index in [4.69, 9.17) is 0 Å². The molecule has 5 nitrogen and oxygen atoms in total. The lowest BCUT2D eigenvalue weighted by atomic mass is 9.96. The minimum absolute atomic E-state index is 0.00232. The van der Waals surface area contributed by atoms with Crippen LogP contribution in [0.2, 0.25) is 0 Å². The highest BCUT2D eigenvalue weighted by Gasteiger charge is 2.24. The summed E-state index contributed by atoms with van der Waals surface area (Å²) in [6.07, 6.45) is 3.22. The Kier molecular flexibility index (Phi) is 6.41. The number of amides is 1. The minimum atomic E-state index is -0.0373. The zero-order valence-corrected chi connectivity index (χ0v) is 16.0. The number of hydrogen-bond acceptors (Lipinski definition) is 4. The molecule has 1 heterocycles. The molecule has 3 rings (SSSR count). The maximum atomic E-state index is 12.3. The average molecular weight is 416 g/mol. The van der Waals surface area contributed by atoms with Crippen LogP contribution >= 0.6 is 15.9 Å². The highest BCUT2D eigenvalue weighted by atomic mass is 79.9. The van der Waals surface area contributed by atoms with E-state index in [0.717, 1.165) is 42.5 Å². The smallest absolute Gasteiger partial charge is 0.243 e. The number of phenols is 1. The van der Waals surface area contributed by atoms with Crippen molar-refractivity contribution in [2.75, 3.05) is 13.1 Å². The zero-order chi connectivity index (χ0) is 18.4. The number of phenolic OH excluding ortho intramolecular Hbond substituents is 1. The lowest BCUT2D eigenvalue weighted by molar-refractivity contribution is -0.126. The quantitative estimate of drug-likeness (QED) is 0.579. The first-order chi connectivity index (χ1) is 12.6. The van der Waals surface area contributed by atoms with Gasteiger partial charge >= 0.3 is 0 Å². The van der Waals surface area contributed by atoms with E-state index in [0.29, 0.717) is 0 Å². The molecule has 1 saturated heterocycles. The van der Waals surface area contributed by atoms with Crippen molar-refractivity contribution in [3.8, 4) is 5.75 Å². The molecule has 2 aromatic carbocycles. The topological polar surface area (TPSA) is 64.9 Å². The van der Waals surface area contributed by atoms with Gasteiger partial charge in [0.2, 0.25) is 5.91 Å². The van der Waals surface area contributed by atoms with Gasteiger partial charge < -0.3 is 5.11 Å². The van der Waals surface area contributed by atoms with Crippen molar-refractivity contribution < 1.29 is 9.90 Å². The summed E-state index contributed by atoms with van der Waals surface area (Å²) in [5.74, 6) is 0.139. The summed E-state index contributed by atoms with van der Waals surface area (Å²) in [5.41, 5.74) is 4.65. The van der Waals surface area contributed by atoms with Gasteiger partial charge in [-0.05, 0) is 61.3 Å². The molecule has 1 fully saturated rings. The fourth-order valence-electron chi connectivity index (χ4n) is 3.07. The van der Waals surface area contributed by atoms with Crippen LogP contribution in [0.25, 0.3) is 0 Å². The molecular weight excluding hydrogens is 394 g/mol. The number of aromatic hydroxyl groups is 1. The third-order valence-electron chi connectivity index (χ3n) is 4.54. The van der Waals surface area contributed by atoms with Gasteiger partial charge in [0.1, 0.15) is 5.75 Å². The van der Waals surface area contributed by atoms with Crippen LogP contribution in [0.5, 0.6) is 5.75 Å². The maximum Gasteiger partial charge on any atom is 0.243 e. The van der Waals surface area contributed by atoms with Crippen LogP contribution in [0.15, 0.2) is 58.1 Å². The minimum Gasteiger partial charge on any atom is -0.508 e. The zero-order valence-electron chi connectivity index (χ0n) is 14.4. The average Bonchev–Trinajstić information content (AvgIpc) is 2.64. The molecule has 1 aliphatic heterocycles. The normalized spacial score (nSPS) is 16.0. The Morgan fingerprint density at radius 3 is 2.65 bits per heavy atom. The van der Waals surface area contributed by atoms with Crippen molar-refractivity contribution in [2.24, 2.45) is 11.0 Å². The van der Waals surface area contributed by atoms with Crippen molar-refractivity contribution >= 4 is 28.1 Å². The van der Waals surface area contributed by atoms with E-state index < -0.39 is 0 Å². The van der Waals surface area contributed by atoms with Crippen LogP contribution in [0.4, 0.5) is 0 Å². The van der Waals surface area contributed by atoms with Crippen molar-refractivity contribution in [3.05, 3.63) is 64.1 Å². The van der Waals surface area contributed by atoms with Crippen LogP contribution in [0.3, 0.4) is 0 Å². The molecule has 0 saturated carbocycles. The number of carbonyl (C=O) groups excluding carboxylic acids is 1. The van der Waals surface area contributed by atoms with E-state index in [1.165, 1.54) is 5.56 Å². The first kappa shape index (κ1) is 18.6. The summed E-state index contributed by atoms with van der Waals surface area (Å²) < 4.78 is 1.09. The number of hydrazone groups is 1. The third kappa shape index (κ3) is 5.41. The van der Waals surface area contributed by atoms with Gasteiger partial charge in [0.15, 0.2) is 0 Å². The molecule has 0 spiro atoms. The summed E-state index contributed by atoms with van der Waals surface area (Å²) in [6, 6.07) is 15.1. The number of piperidine rings is 1. The van der Waals surface area contributed by atoms with Crippen molar-refractivity contribution in [2.45, 2.75) is 19.4 Å². The molecule has 0 bridgehead atoms. The summed E-state index contributed by atoms with van der Waals surface area (Å²) in [5, 5.41) is 13.4. The summed E-state index contributed by atoms with van der Waals surface area (Å²) in [6.45, 7) is 2.73. The Morgan fingerprint density at radius 1 is 1.23 bits per heavy atom. The van der Waals surface area contributed by atoms with Gasteiger partial charge in [-0.2, -0.15) is 5.10 Å². The van der Waals surface area contributed by atoms with Gasteiger partial charge in [0, 0.05) is 16.9 Å². The highest BCUT2D eigenvalue weighted by molar-refractivity contribution is 9.10. The van der Waals surface area contributed by atoms with Crippen molar-refractivity contribution in [3.63, 3.8) is 0 Å². The Hall–Kier alpha value is -2.18. The van der Waals surface area contributed by atoms with Crippen molar-refractivity contribution in [1.82, 2.24) is 10.3 Å². The molecule has 0 aliphatic carbocycles.